The summed E-state index contributed by atoms with van der Waals surface area (Å²) in [5, 5.41) is 14.0. The van der Waals surface area contributed by atoms with E-state index in [1.165, 1.54) is 6.42 Å². The van der Waals surface area contributed by atoms with Crippen LogP contribution < -0.4 is 5.32 Å². The minimum atomic E-state index is 0.114. The second kappa shape index (κ2) is 11.5. The molecule has 2 rings (SSSR count). The first-order chi connectivity index (χ1) is 12.4. The number of fused-ring (bicyclic) bond motifs is 1. The largest absolute Gasteiger partial charge is 0.505 e. The number of aliphatic hydroxyl groups is 1. The van der Waals surface area contributed by atoms with Crippen molar-refractivity contribution in [2.75, 3.05) is 0 Å². The van der Waals surface area contributed by atoms with Gasteiger partial charge in [0.25, 0.3) is 0 Å². The van der Waals surface area contributed by atoms with Gasteiger partial charge in [0.15, 0.2) is 5.76 Å². The molecule has 0 aliphatic carbocycles. The predicted molar refractivity (Wildman–Crippen MR) is 111 cm³/mol. The molecule has 0 atom stereocenters. The molecule has 0 fully saturated rings. The molecule has 1 heterocycles. The number of hydrogen-bond donors (Lipinski definition) is 2. The average molecular weight is 376 g/mol. The van der Waals surface area contributed by atoms with Crippen molar-refractivity contribution in [3.8, 4) is 0 Å². The number of aliphatic hydroxyl groups excluding tert-OH is 1. The van der Waals surface area contributed by atoms with Gasteiger partial charge < -0.3 is 10.4 Å². The Morgan fingerprint density at radius 2 is 1.81 bits per heavy atom. The molecular weight excluding hydrogens is 346 g/mol. The average Bonchev–Trinajstić information content (AvgIpc) is 2.62. The summed E-state index contributed by atoms with van der Waals surface area (Å²) in [5.41, 5.74) is 3.41. The monoisotopic (exact) mass is 375 g/mol. The quantitative estimate of drug-likeness (QED) is 0.473. The van der Waals surface area contributed by atoms with Crippen molar-refractivity contribution < 1.29 is 5.11 Å². The van der Waals surface area contributed by atoms with E-state index < -0.39 is 0 Å². The van der Waals surface area contributed by atoms with Crippen LogP contribution in [0.1, 0.15) is 53.0 Å². The first kappa shape index (κ1) is 22.0. The molecule has 0 radical (unpaired) electrons. The molecular formula is C21H30ClN3O. The van der Waals surface area contributed by atoms with E-state index in [4.69, 9.17) is 11.6 Å². The molecule has 0 saturated carbocycles. The first-order valence-electron chi connectivity index (χ1n) is 9.10. The Kier molecular flexibility index (Phi) is 9.74. The number of benzene rings is 1. The summed E-state index contributed by atoms with van der Waals surface area (Å²) in [6.07, 6.45) is 7.08. The van der Waals surface area contributed by atoms with Gasteiger partial charge in [-0.3, -0.25) is 9.97 Å². The standard InChI is InChI=1S/C18H22ClN3O.C3H8/c1-4-15(18(23)14(19)9-12(2)3)22-11-13-5-6-16-17(10-13)21-8-7-20-16;1-3-2/h4-8,10,12,22-23H,9,11H2,1-3H3;3H2,1-2H3/b15-4+,18-14-;. The van der Waals surface area contributed by atoms with Crippen LogP contribution in [0.3, 0.4) is 0 Å². The number of rotatable bonds is 6. The Morgan fingerprint density at radius 3 is 2.38 bits per heavy atom. The molecule has 0 aliphatic rings. The summed E-state index contributed by atoms with van der Waals surface area (Å²) in [6.45, 7) is 10.8. The van der Waals surface area contributed by atoms with Gasteiger partial charge in [0, 0.05) is 18.9 Å². The molecule has 1 aromatic heterocycles. The van der Waals surface area contributed by atoms with Crippen LogP contribution in [0.25, 0.3) is 11.0 Å². The fourth-order valence-electron chi connectivity index (χ4n) is 2.24. The van der Waals surface area contributed by atoms with Crippen LogP contribution in [-0.4, -0.2) is 15.1 Å². The van der Waals surface area contributed by atoms with E-state index in [2.05, 4.69) is 43.0 Å². The zero-order valence-corrected chi connectivity index (χ0v) is 17.1. The fourth-order valence-corrected chi connectivity index (χ4v) is 2.65. The van der Waals surface area contributed by atoms with Crippen LogP contribution in [0.4, 0.5) is 0 Å². The molecule has 5 heteroatoms. The van der Waals surface area contributed by atoms with Crippen molar-refractivity contribution in [1.82, 2.24) is 15.3 Å². The van der Waals surface area contributed by atoms with Crippen molar-refractivity contribution in [1.29, 1.82) is 0 Å². The van der Waals surface area contributed by atoms with Gasteiger partial charge in [-0.1, -0.05) is 57.9 Å². The lowest BCUT2D eigenvalue weighted by atomic mass is 10.1. The summed E-state index contributed by atoms with van der Waals surface area (Å²) in [6, 6.07) is 5.92. The van der Waals surface area contributed by atoms with E-state index in [1.807, 2.05) is 31.2 Å². The van der Waals surface area contributed by atoms with Gasteiger partial charge in [0.2, 0.25) is 0 Å². The van der Waals surface area contributed by atoms with Gasteiger partial charge in [-0.25, -0.2) is 0 Å². The van der Waals surface area contributed by atoms with Crippen molar-refractivity contribution in [2.24, 2.45) is 5.92 Å². The smallest absolute Gasteiger partial charge is 0.152 e. The third-order valence-corrected chi connectivity index (χ3v) is 3.74. The highest BCUT2D eigenvalue weighted by Crippen LogP contribution is 2.21. The van der Waals surface area contributed by atoms with E-state index in [1.54, 1.807) is 12.4 Å². The van der Waals surface area contributed by atoms with Crippen molar-refractivity contribution in [3.05, 3.63) is 58.7 Å². The van der Waals surface area contributed by atoms with Crippen molar-refractivity contribution in [3.63, 3.8) is 0 Å². The van der Waals surface area contributed by atoms with Gasteiger partial charge in [0.1, 0.15) is 0 Å². The van der Waals surface area contributed by atoms with E-state index in [0.29, 0.717) is 29.6 Å². The molecule has 0 bridgehead atoms. The molecule has 0 aliphatic heterocycles. The minimum absolute atomic E-state index is 0.114. The van der Waals surface area contributed by atoms with Gasteiger partial charge in [-0.2, -0.15) is 0 Å². The first-order valence-corrected chi connectivity index (χ1v) is 9.48. The van der Waals surface area contributed by atoms with Gasteiger partial charge in [-0.15, -0.1) is 0 Å². The van der Waals surface area contributed by atoms with Gasteiger partial charge in [0.05, 0.1) is 21.8 Å². The van der Waals surface area contributed by atoms with E-state index >= 15 is 0 Å². The van der Waals surface area contributed by atoms with Crippen LogP contribution in [0.5, 0.6) is 0 Å². The second-order valence-electron chi connectivity index (χ2n) is 6.49. The maximum absolute atomic E-state index is 10.3. The normalized spacial score (nSPS) is 12.5. The molecule has 0 amide bonds. The Labute approximate surface area is 162 Å². The SMILES string of the molecule is C/C=C(NCc1ccc2nccnc2c1)\C(O)=C(\Cl)CC(C)C.CCC. The van der Waals surface area contributed by atoms with Crippen LogP contribution in [0, 0.1) is 5.92 Å². The summed E-state index contributed by atoms with van der Waals surface area (Å²) < 4.78 is 0. The van der Waals surface area contributed by atoms with Gasteiger partial charge in [-0.05, 0) is 37.0 Å². The third-order valence-electron chi connectivity index (χ3n) is 3.40. The number of hydrogen-bond acceptors (Lipinski definition) is 4. The lowest BCUT2D eigenvalue weighted by Gasteiger charge is -2.13. The van der Waals surface area contributed by atoms with Crippen molar-refractivity contribution >= 4 is 22.6 Å². The minimum Gasteiger partial charge on any atom is -0.505 e. The van der Waals surface area contributed by atoms with Crippen LogP contribution in [0.15, 0.2) is 53.2 Å². The molecule has 2 aromatic rings. The zero-order valence-electron chi connectivity index (χ0n) is 16.4. The third kappa shape index (κ3) is 7.04. The summed E-state index contributed by atoms with van der Waals surface area (Å²) in [4.78, 5) is 8.55. The molecule has 26 heavy (non-hydrogen) atoms. The second-order valence-corrected chi connectivity index (χ2v) is 6.95. The highest BCUT2D eigenvalue weighted by atomic mass is 35.5. The molecule has 2 N–H and O–H groups in total. The highest BCUT2D eigenvalue weighted by molar-refractivity contribution is 6.30. The Bertz CT molecular complexity index is 754. The number of allylic oxidation sites excluding steroid dienone is 2. The molecule has 1 aromatic carbocycles. The topological polar surface area (TPSA) is 58.0 Å². The summed E-state index contributed by atoms with van der Waals surface area (Å²) in [7, 11) is 0. The number of nitrogens with zero attached hydrogens (tertiary/aromatic N) is 2. The maximum Gasteiger partial charge on any atom is 0.152 e. The molecule has 4 nitrogen and oxygen atoms in total. The van der Waals surface area contributed by atoms with Crippen LogP contribution in [-0.2, 0) is 6.54 Å². The van der Waals surface area contributed by atoms with E-state index in [0.717, 1.165) is 16.6 Å². The zero-order chi connectivity index (χ0) is 19.5. The molecule has 142 valence electrons. The number of aromatic nitrogens is 2. The summed E-state index contributed by atoms with van der Waals surface area (Å²) >= 11 is 6.19. The molecule has 0 spiro atoms. The maximum atomic E-state index is 10.3. The Morgan fingerprint density at radius 1 is 1.19 bits per heavy atom. The lowest BCUT2D eigenvalue weighted by Crippen LogP contribution is -2.15. The number of halogens is 1. The van der Waals surface area contributed by atoms with Crippen LogP contribution in [0.2, 0.25) is 0 Å². The predicted octanol–water partition coefficient (Wildman–Crippen LogP) is 6.09. The van der Waals surface area contributed by atoms with E-state index in [-0.39, 0.29) is 5.76 Å². The fraction of sp³-hybridized carbons (Fsp3) is 0.429. The van der Waals surface area contributed by atoms with Gasteiger partial charge >= 0.3 is 0 Å². The van der Waals surface area contributed by atoms with E-state index in [9.17, 15) is 5.11 Å². The van der Waals surface area contributed by atoms with Crippen molar-refractivity contribution in [2.45, 2.75) is 54.0 Å². The number of nitrogens with one attached hydrogen (secondary N) is 1. The Hall–Kier alpha value is -2.07. The highest BCUT2D eigenvalue weighted by Gasteiger charge is 2.10. The lowest BCUT2D eigenvalue weighted by molar-refractivity contribution is 0.405. The Balaban J connectivity index is 0.00000105. The summed E-state index contributed by atoms with van der Waals surface area (Å²) in [5.74, 6) is 0.505. The molecule has 0 saturated heterocycles. The van der Waals surface area contributed by atoms with Crippen LogP contribution >= 0.6 is 11.6 Å². The molecule has 0 unspecified atom stereocenters.